The van der Waals surface area contributed by atoms with E-state index in [-0.39, 0.29) is 40.4 Å². The number of carbonyl (C=O) groups excluding carboxylic acids is 2. The van der Waals surface area contributed by atoms with E-state index in [2.05, 4.69) is 10.3 Å². The zero-order valence-electron chi connectivity index (χ0n) is 19.5. The number of halogens is 3. The predicted molar refractivity (Wildman–Crippen MR) is 125 cm³/mol. The number of alkyl halides is 3. The number of nitrogens with zero attached hydrogens (tertiary/aromatic N) is 4. The van der Waals surface area contributed by atoms with Gasteiger partial charge in [0.15, 0.2) is 0 Å². The quantitative estimate of drug-likeness (QED) is 0.645. The maximum atomic E-state index is 13.8. The summed E-state index contributed by atoms with van der Waals surface area (Å²) in [6, 6.07) is 0.688. The molecule has 13 heteroatoms. The minimum absolute atomic E-state index is 0.0258. The summed E-state index contributed by atoms with van der Waals surface area (Å²) in [4.78, 5) is 34.6. The molecule has 0 unspecified atom stereocenters. The van der Waals surface area contributed by atoms with Gasteiger partial charge in [0.25, 0.3) is 5.91 Å². The zero-order chi connectivity index (χ0) is 25.3. The molecule has 0 aliphatic carbocycles. The lowest BCUT2D eigenvalue weighted by molar-refractivity contribution is -0.136. The van der Waals surface area contributed by atoms with Crippen LogP contribution in [0.1, 0.15) is 28.8 Å². The molecule has 1 atom stereocenters. The third-order valence-corrected chi connectivity index (χ3v) is 7.45. The Morgan fingerprint density at radius 2 is 1.97 bits per heavy atom. The van der Waals surface area contributed by atoms with Crippen molar-refractivity contribution < 1.29 is 32.6 Å². The molecule has 2 fully saturated rings. The van der Waals surface area contributed by atoms with Crippen LogP contribution in [0.3, 0.4) is 0 Å². The monoisotopic (exact) mass is 515 g/mol. The predicted octanol–water partition coefficient (Wildman–Crippen LogP) is 2.39. The molecule has 4 heterocycles. The van der Waals surface area contributed by atoms with E-state index in [1.165, 1.54) is 17.3 Å². The van der Waals surface area contributed by atoms with E-state index in [1.807, 2.05) is 11.9 Å². The van der Waals surface area contributed by atoms with Crippen LogP contribution < -0.4 is 10.2 Å². The van der Waals surface area contributed by atoms with Crippen molar-refractivity contribution in [3.63, 3.8) is 0 Å². The number of aliphatic hydroxyl groups excluding tert-OH is 1. The molecule has 0 saturated carbocycles. The summed E-state index contributed by atoms with van der Waals surface area (Å²) in [7, 11) is 3.34. The lowest BCUT2D eigenvalue weighted by Gasteiger charge is -2.40. The average Bonchev–Trinajstić information content (AvgIpc) is 3.26. The van der Waals surface area contributed by atoms with Gasteiger partial charge in [-0.2, -0.15) is 13.2 Å². The van der Waals surface area contributed by atoms with E-state index < -0.39 is 23.7 Å². The minimum atomic E-state index is -4.60. The molecule has 2 aromatic heterocycles. The molecule has 2 aromatic rings. The summed E-state index contributed by atoms with van der Waals surface area (Å²) < 4.78 is 47.0. The molecule has 0 aromatic carbocycles. The number of pyridine rings is 1. The molecule has 2 aliphatic heterocycles. The molecular weight excluding hydrogens is 487 g/mol. The molecule has 192 valence electrons. The first kappa shape index (κ1) is 25.5. The van der Waals surface area contributed by atoms with E-state index in [4.69, 9.17) is 4.74 Å². The molecule has 0 bridgehead atoms. The van der Waals surface area contributed by atoms with Gasteiger partial charge in [0.2, 0.25) is 0 Å². The maximum Gasteiger partial charge on any atom is 0.417 e. The summed E-state index contributed by atoms with van der Waals surface area (Å²) >= 11 is 0.844. The van der Waals surface area contributed by atoms with Crippen molar-refractivity contribution in [1.82, 2.24) is 20.1 Å². The van der Waals surface area contributed by atoms with Crippen molar-refractivity contribution in [2.45, 2.75) is 31.2 Å². The lowest BCUT2D eigenvalue weighted by atomic mass is 10.1. The Balaban J connectivity index is 1.48. The fourth-order valence-corrected chi connectivity index (χ4v) is 5.51. The fourth-order valence-electron chi connectivity index (χ4n) is 4.48. The number of piperidine rings is 1. The second-order valence-electron chi connectivity index (χ2n) is 8.79. The van der Waals surface area contributed by atoms with Crippen molar-refractivity contribution in [1.29, 1.82) is 0 Å². The Labute approximate surface area is 204 Å². The van der Waals surface area contributed by atoms with Gasteiger partial charge in [-0.05, 0) is 13.1 Å². The minimum Gasteiger partial charge on any atom is -0.446 e. The number of fused-ring (bicyclic) bond motifs is 1. The molecule has 2 N–H and O–H groups in total. The van der Waals surface area contributed by atoms with Crippen LogP contribution in [0.25, 0.3) is 10.2 Å². The number of aromatic nitrogens is 1. The van der Waals surface area contributed by atoms with E-state index in [9.17, 15) is 27.9 Å². The molecule has 9 nitrogen and oxygen atoms in total. The van der Waals surface area contributed by atoms with Crippen LogP contribution in [0.2, 0.25) is 0 Å². The third-order valence-electron chi connectivity index (χ3n) is 6.45. The number of hydrogen-bond donors (Lipinski definition) is 2. The van der Waals surface area contributed by atoms with Crippen molar-refractivity contribution in [3.05, 3.63) is 22.6 Å². The standard InChI is InChI=1S/C22H28F3N5O4S/c1-26-20(32)15-12-35-19-16(22(23,24)25)9-17(27-18(15)19)29-5-3-14(4-6-29)34-21(33)30-8-7-28(2)10-13(30)11-31/h9,12-14,31H,3-8,10-11H2,1-2H3,(H,26,32)/t13-/m1/s1. The first-order valence-corrected chi connectivity index (χ1v) is 12.2. The molecule has 4 rings (SSSR count). The number of ether oxygens (including phenoxy) is 1. The highest BCUT2D eigenvalue weighted by Crippen LogP contribution is 2.40. The maximum absolute atomic E-state index is 13.8. The van der Waals surface area contributed by atoms with Gasteiger partial charge in [-0.1, -0.05) is 0 Å². The van der Waals surface area contributed by atoms with E-state index >= 15 is 0 Å². The van der Waals surface area contributed by atoms with Crippen molar-refractivity contribution in [3.8, 4) is 0 Å². The Morgan fingerprint density at radius 1 is 1.26 bits per heavy atom. The second kappa shape index (κ2) is 10.2. The van der Waals surface area contributed by atoms with Gasteiger partial charge in [-0.25, -0.2) is 9.78 Å². The number of carbonyl (C=O) groups is 2. The summed E-state index contributed by atoms with van der Waals surface area (Å²) in [5, 5.41) is 13.4. The number of aliphatic hydroxyl groups is 1. The Morgan fingerprint density at radius 3 is 2.60 bits per heavy atom. The molecule has 2 saturated heterocycles. The third kappa shape index (κ3) is 5.31. The molecular formula is C22H28F3N5O4S. The number of hydrogen-bond acceptors (Lipinski definition) is 8. The first-order chi connectivity index (χ1) is 16.6. The van der Waals surface area contributed by atoms with Crippen molar-refractivity contribution in [2.24, 2.45) is 0 Å². The first-order valence-electron chi connectivity index (χ1n) is 11.4. The number of piperazine rings is 1. The van der Waals surface area contributed by atoms with Gasteiger partial charge in [0.1, 0.15) is 11.9 Å². The molecule has 0 radical (unpaired) electrons. The number of rotatable bonds is 4. The van der Waals surface area contributed by atoms with Crippen LogP contribution in [-0.2, 0) is 10.9 Å². The highest BCUT2D eigenvalue weighted by Gasteiger charge is 2.37. The number of thiophene rings is 1. The van der Waals surface area contributed by atoms with E-state index in [0.717, 1.165) is 17.4 Å². The summed E-state index contributed by atoms with van der Waals surface area (Å²) in [6.07, 6.45) is -4.61. The number of anilines is 1. The van der Waals surface area contributed by atoms with Crippen LogP contribution in [0.15, 0.2) is 11.4 Å². The highest BCUT2D eigenvalue weighted by molar-refractivity contribution is 7.17. The second-order valence-corrected chi connectivity index (χ2v) is 9.67. The number of amides is 2. The van der Waals surface area contributed by atoms with Gasteiger partial charge in [-0.15, -0.1) is 11.3 Å². The van der Waals surface area contributed by atoms with Crippen molar-refractivity contribution in [2.75, 3.05) is 58.3 Å². The highest BCUT2D eigenvalue weighted by atomic mass is 32.1. The van der Waals surface area contributed by atoms with Gasteiger partial charge in [0, 0.05) is 58.0 Å². The number of nitrogens with one attached hydrogen (secondary N) is 1. The normalized spacial score (nSPS) is 20.3. The van der Waals surface area contributed by atoms with Crippen LogP contribution in [0, 0.1) is 0 Å². The molecule has 35 heavy (non-hydrogen) atoms. The summed E-state index contributed by atoms with van der Waals surface area (Å²) in [5.74, 6) is -0.359. The van der Waals surface area contributed by atoms with Crippen LogP contribution in [0.5, 0.6) is 0 Å². The topological polar surface area (TPSA) is 98.2 Å². The summed E-state index contributed by atoms with van der Waals surface area (Å²) in [5.41, 5.74) is -0.691. The van der Waals surface area contributed by atoms with Crippen molar-refractivity contribution >= 4 is 39.4 Å². The largest absolute Gasteiger partial charge is 0.446 e. The van der Waals surface area contributed by atoms with Gasteiger partial charge < -0.3 is 29.9 Å². The lowest BCUT2D eigenvalue weighted by Crippen LogP contribution is -2.56. The van der Waals surface area contributed by atoms with Crippen LogP contribution in [0.4, 0.5) is 23.8 Å². The SMILES string of the molecule is CNC(=O)c1csc2c(C(F)(F)F)cc(N3CCC(OC(=O)N4CCN(C)C[C@@H]4CO)CC3)nc12. The Hall–Kier alpha value is -2.64. The fraction of sp³-hybridized carbons (Fsp3) is 0.591. The van der Waals surface area contributed by atoms with Crippen LogP contribution >= 0.6 is 11.3 Å². The summed E-state index contributed by atoms with van der Waals surface area (Å²) in [6.45, 7) is 2.23. The van der Waals surface area contributed by atoms with Crippen LogP contribution in [-0.4, -0.2) is 97.5 Å². The van der Waals surface area contributed by atoms with E-state index in [0.29, 0.717) is 45.6 Å². The number of likely N-dealkylation sites (N-methyl/N-ethyl adjacent to an activating group) is 1. The average molecular weight is 516 g/mol. The Kier molecular flexibility index (Phi) is 7.38. The van der Waals surface area contributed by atoms with E-state index in [1.54, 1.807) is 4.90 Å². The molecule has 2 aliphatic rings. The molecule has 0 spiro atoms. The zero-order valence-corrected chi connectivity index (χ0v) is 20.3. The van der Waals surface area contributed by atoms with Gasteiger partial charge in [0.05, 0.1) is 34.0 Å². The Bertz CT molecular complexity index is 1090. The van der Waals surface area contributed by atoms with Gasteiger partial charge >= 0.3 is 12.3 Å². The van der Waals surface area contributed by atoms with Gasteiger partial charge in [-0.3, -0.25) is 4.79 Å². The smallest absolute Gasteiger partial charge is 0.417 e. The molecule has 2 amide bonds.